The fraction of sp³-hybridized carbons (Fsp3) is 0.325. The van der Waals surface area contributed by atoms with E-state index in [9.17, 15) is 9.59 Å². The molecule has 13 nitrogen and oxygen atoms in total. The van der Waals surface area contributed by atoms with E-state index in [1.54, 1.807) is 49.3 Å². The molecule has 2 fully saturated rings. The lowest BCUT2D eigenvalue weighted by molar-refractivity contribution is 0.242. The Balaban J connectivity index is 0.000000170. The number of rotatable bonds is 7. The van der Waals surface area contributed by atoms with Gasteiger partial charge in [0.15, 0.2) is 0 Å². The Labute approximate surface area is 328 Å². The fourth-order valence-electron chi connectivity index (χ4n) is 7.04. The Morgan fingerprint density at radius 3 is 1.64 bits per heavy atom. The monoisotopic (exact) mass is 777 g/mol. The highest BCUT2D eigenvalue weighted by Crippen LogP contribution is 2.28. The number of fused-ring (bicyclic) bond motifs is 2. The molecule has 2 aliphatic heterocycles. The van der Waals surface area contributed by atoms with Crippen LogP contribution in [-0.4, -0.2) is 78.8 Å². The highest BCUT2D eigenvalue weighted by atomic mass is 35.5. The zero-order chi connectivity index (χ0) is 38.5. The van der Waals surface area contributed by atoms with E-state index in [1.807, 2.05) is 42.5 Å². The van der Waals surface area contributed by atoms with Crippen LogP contribution in [0.3, 0.4) is 0 Å². The van der Waals surface area contributed by atoms with Crippen LogP contribution in [0.2, 0.25) is 10.0 Å². The first kappa shape index (κ1) is 37.9. The van der Waals surface area contributed by atoms with Crippen LogP contribution in [0.1, 0.15) is 25.7 Å². The lowest BCUT2D eigenvalue weighted by Crippen LogP contribution is -2.39. The van der Waals surface area contributed by atoms with E-state index < -0.39 is 0 Å². The highest BCUT2D eigenvalue weighted by Gasteiger charge is 2.21. The molecule has 282 valence electrons. The third-order valence-electron chi connectivity index (χ3n) is 10.1. The zero-order valence-electron chi connectivity index (χ0n) is 30.6. The Kier molecular flexibility index (Phi) is 11.7. The summed E-state index contributed by atoms with van der Waals surface area (Å²) < 4.78 is 3.10. The van der Waals surface area contributed by atoms with Crippen LogP contribution >= 0.6 is 23.2 Å². The molecule has 4 aromatic heterocycles. The minimum absolute atomic E-state index is 0.128. The number of aryl methyl sites for hydroxylation is 2. The maximum Gasteiger partial charge on any atom is 0.259 e. The van der Waals surface area contributed by atoms with Crippen molar-refractivity contribution < 1.29 is 0 Å². The number of benzene rings is 2. The molecule has 3 N–H and O–H groups in total. The number of hydrogen-bond acceptors (Lipinski definition) is 11. The number of halogens is 2. The second-order valence-electron chi connectivity index (χ2n) is 13.8. The van der Waals surface area contributed by atoms with E-state index in [0.29, 0.717) is 68.1 Å². The molecule has 0 saturated carbocycles. The molecule has 0 amide bonds. The number of piperidine rings is 2. The fourth-order valence-corrected chi connectivity index (χ4v) is 7.52. The Morgan fingerprint density at radius 2 is 1.18 bits per heavy atom. The normalized spacial score (nSPS) is 15.3. The summed E-state index contributed by atoms with van der Waals surface area (Å²) >= 11 is 12.6. The molecule has 6 heterocycles. The topological polar surface area (TPSA) is 159 Å². The maximum atomic E-state index is 12.9. The first-order valence-corrected chi connectivity index (χ1v) is 19.0. The van der Waals surface area contributed by atoms with Gasteiger partial charge in [0, 0.05) is 94.7 Å². The smallest absolute Gasteiger partial charge is 0.259 e. The van der Waals surface area contributed by atoms with Gasteiger partial charge in [-0.05, 0) is 63.0 Å². The second kappa shape index (κ2) is 17.0. The molecule has 2 aromatic carbocycles. The molecule has 0 bridgehead atoms. The number of likely N-dealkylation sites (tertiary alicyclic amines) is 1. The second-order valence-corrected chi connectivity index (χ2v) is 14.6. The number of pyridine rings is 2. The molecule has 2 aliphatic rings. The van der Waals surface area contributed by atoms with Gasteiger partial charge in [-0.2, -0.15) is 15.2 Å². The largest absolute Gasteiger partial charge is 0.351 e. The molecular formula is C40H41Cl2N11O2. The van der Waals surface area contributed by atoms with Crippen molar-refractivity contribution in [2.24, 2.45) is 14.1 Å². The number of aromatic nitrogens is 6. The van der Waals surface area contributed by atoms with Gasteiger partial charge in [-0.1, -0.05) is 59.6 Å². The SMILES string of the molecule is Cn1c(=O)c(-c2ccccc2Cl)cc2cnc(NC3CCN(CC#N)CC3)nc21.Cn1c(=O)c(-c2ccccc2Cl)cc2cnc(NC3CCNCC3)nc21. The van der Waals surface area contributed by atoms with E-state index >= 15 is 0 Å². The predicted octanol–water partition coefficient (Wildman–Crippen LogP) is 5.86. The first-order valence-electron chi connectivity index (χ1n) is 18.3. The van der Waals surface area contributed by atoms with E-state index in [0.717, 1.165) is 62.6 Å². The Morgan fingerprint density at radius 1 is 0.727 bits per heavy atom. The predicted molar refractivity (Wildman–Crippen MR) is 219 cm³/mol. The van der Waals surface area contributed by atoms with Crippen LogP contribution < -0.4 is 27.1 Å². The van der Waals surface area contributed by atoms with Gasteiger partial charge in [-0.25, -0.2) is 9.97 Å². The van der Waals surface area contributed by atoms with Crippen LogP contribution in [0.4, 0.5) is 11.9 Å². The summed E-state index contributed by atoms with van der Waals surface area (Å²) in [6.07, 6.45) is 7.40. The standard InChI is InChI=1S/C21H21ClN6O.C19H20ClN5O/c1-27-19-14(12-17(20(27)29)16-4-2-3-5-18(16)22)13-24-21(26-19)25-15-6-9-28(10-7-15)11-8-23;1-25-17-12(10-15(18(25)26)14-4-2-3-5-16(14)20)11-22-19(24-17)23-13-6-8-21-9-7-13/h2-5,12-13,15H,6-7,9-11H2,1H3,(H,24,25,26);2-5,10-11,13,21H,6-9H2,1H3,(H,22,23,24). The first-order chi connectivity index (χ1) is 26.7. The summed E-state index contributed by atoms with van der Waals surface area (Å²) in [5.74, 6) is 1.07. The molecular weight excluding hydrogens is 737 g/mol. The summed E-state index contributed by atoms with van der Waals surface area (Å²) in [6, 6.07) is 21.0. The van der Waals surface area contributed by atoms with E-state index in [1.165, 1.54) is 4.57 Å². The zero-order valence-corrected chi connectivity index (χ0v) is 32.1. The molecule has 0 atom stereocenters. The van der Waals surface area contributed by atoms with Crippen LogP contribution in [0, 0.1) is 11.3 Å². The average molecular weight is 779 g/mol. The van der Waals surface area contributed by atoms with Gasteiger partial charge in [-0.3, -0.25) is 23.6 Å². The van der Waals surface area contributed by atoms with Crippen LogP contribution in [0.25, 0.3) is 44.3 Å². The van der Waals surface area contributed by atoms with Crippen LogP contribution in [-0.2, 0) is 14.1 Å². The molecule has 0 unspecified atom stereocenters. The van der Waals surface area contributed by atoms with Gasteiger partial charge >= 0.3 is 0 Å². The van der Waals surface area contributed by atoms with E-state index in [4.69, 9.17) is 28.5 Å². The van der Waals surface area contributed by atoms with E-state index in [-0.39, 0.29) is 17.2 Å². The van der Waals surface area contributed by atoms with Crippen molar-refractivity contribution in [3.05, 3.63) is 104 Å². The van der Waals surface area contributed by atoms with Gasteiger partial charge in [0.2, 0.25) is 11.9 Å². The number of hydrogen-bond donors (Lipinski definition) is 3. The van der Waals surface area contributed by atoms with Crippen molar-refractivity contribution in [1.29, 1.82) is 5.26 Å². The van der Waals surface area contributed by atoms with Crippen molar-refractivity contribution in [1.82, 2.24) is 39.3 Å². The summed E-state index contributed by atoms with van der Waals surface area (Å²) in [5, 5.41) is 21.6. The average Bonchev–Trinajstić information content (AvgIpc) is 3.20. The third kappa shape index (κ3) is 8.48. The molecule has 0 aliphatic carbocycles. The number of nitrogens with zero attached hydrogens (tertiary/aromatic N) is 8. The summed E-state index contributed by atoms with van der Waals surface area (Å²) in [7, 11) is 3.44. The number of nitriles is 1. The Hall–Kier alpha value is -5.39. The number of anilines is 2. The molecule has 55 heavy (non-hydrogen) atoms. The van der Waals surface area contributed by atoms with Crippen molar-refractivity contribution in [2.75, 3.05) is 43.4 Å². The van der Waals surface area contributed by atoms with Crippen molar-refractivity contribution >= 4 is 57.2 Å². The van der Waals surface area contributed by atoms with Gasteiger partial charge < -0.3 is 16.0 Å². The molecule has 6 aromatic rings. The lowest BCUT2D eigenvalue weighted by atomic mass is 10.1. The Bertz CT molecular complexity index is 2500. The van der Waals surface area contributed by atoms with Crippen molar-refractivity contribution in [3.8, 4) is 28.3 Å². The van der Waals surface area contributed by atoms with Gasteiger partial charge in [0.05, 0.1) is 12.6 Å². The van der Waals surface area contributed by atoms with Crippen LogP contribution in [0.15, 0.2) is 82.6 Å². The molecule has 0 spiro atoms. The lowest BCUT2D eigenvalue weighted by Gasteiger charge is -2.30. The van der Waals surface area contributed by atoms with Gasteiger partial charge in [-0.15, -0.1) is 0 Å². The number of nitrogens with one attached hydrogen (secondary N) is 3. The summed E-state index contributed by atoms with van der Waals surface area (Å²) in [5.41, 5.74) is 3.39. The third-order valence-corrected chi connectivity index (χ3v) is 10.8. The molecule has 8 rings (SSSR count). The van der Waals surface area contributed by atoms with Gasteiger partial charge in [0.1, 0.15) is 11.3 Å². The minimum atomic E-state index is -0.153. The van der Waals surface area contributed by atoms with Crippen molar-refractivity contribution in [2.45, 2.75) is 37.8 Å². The molecule has 0 radical (unpaired) electrons. The van der Waals surface area contributed by atoms with Crippen LogP contribution in [0.5, 0.6) is 0 Å². The van der Waals surface area contributed by atoms with Gasteiger partial charge in [0.25, 0.3) is 11.1 Å². The quantitative estimate of drug-likeness (QED) is 0.167. The maximum absolute atomic E-state index is 12.9. The highest BCUT2D eigenvalue weighted by molar-refractivity contribution is 6.33. The van der Waals surface area contributed by atoms with E-state index in [2.05, 4.69) is 46.9 Å². The summed E-state index contributed by atoms with van der Waals surface area (Å²) in [4.78, 5) is 46.0. The van der Waals surface area contributed by atoms with Crippen molar-refractivity contribution in [3.63, 3.8) is 0 Å². The summed E-state index contributed by atoms with van der Waals surface area (Å²) in [6.45, 7) is 4.20. The minimum Gasteiger partial charge on any atom is -0.351 e. The molecule has 15 heteroatoms. The molecule has 2 saturated heterocycles.